The Hall–Kier alpha value is -6.12. The van der Waals surface area contributed by atoms with Crippen LogP contribution in [0.5, 0.6) is 0 Å². The van der Waals surface area contributed by atoms with Crippen LogP contribution in [0.4, 0.5) is 17.1 Å². The van der Waals surface area contributed by atoms with Crippen LogP contribution in [-0.4, -0.2) is 65.5 Å². The number of aryl methyl sites for hydroxylation is 2. The average Bonchev–Trinajstić information content (AvgIpc) is 3.63. The molecule has 2 saturated heterocycles. The van der Waals surface area contributed by atoms with Gasteiger partial charge in [0.1, 0.15) is 21.7 Å². The molecule has 9 nitrogen and oxygen atoms in total. The molecule has 0 aliphatic carbocycles. The van der Waals surface area contributed by atoms with Crippen LogP contribution in [0.15, 0.2) is 131 Å². The van der Waals surface area contributed by atoms with Gasteiger partial charge in [-0.05, 0) is 113 Å². The van der Waals surface area contributed by atoms with E-state index in [1.807, 2.05) is 66.7 Å². The summed E-state index contributed by atoms with van der Waals surface area (Å²) in [7, 11) is 0. The van der Waals surface area contributed by atoms with Crippen molar-refractivity contribution in [3.05, 3.63) is 170 Å². The van der Waals surface area contributed by atoms with Crippen molar-refractivity contribution in [1.82, 2.24) is 9.80 Å². The van der Waals surface area contributed by atoms with Gasteiger partial charge in [0.2, 0.25) is 0 Å². The van der Waals surface area contributed by atoms with E-state index >= 15 is 0 Å². The topological polar surface area (TPSA) is 118 Å². The molecule has 13 heteroatoms. The van der Waals surface area contributed by atoms with Crippen molar-refractivity contribution in [3.63, 3.8) is 0 Å². The maximum atomic E-state index is 12.9. The molecule has 294 valence electrons. The van der Waals surface area contributed by atoms with E-state index in [0.717, 1.165) is 83.8 Å². The lowest BCUT2D eigenvalue weighted by Crippen LogP contribution is -2.33. The quantitative estimate of drug-likeness (QED) is 0.0710. The maximum Gasteiger partial charge on any atom is 0.323 e. The highest BCUT2D eigenvalue weighted by Gasteiger charge is 2.34. The largest absolute Gasteiger partial charge is 0.480 e. The van der Waals surface area contributed by atoms with Crippen molar-refractivity contribution >= 4 is 121 Å². The van der Waals surface area contributed by atoms with E-state index in [0.29, 0.717) is 9.81 Å². The zero-order chi connectivity index (χ0) is 41.8. The van der Waals surface area contributed by atoms with E-state index in [-0.39, 0.29) is 8.64 Å². The molecule has 2 aliphatic heterocycles. The number of nitrogens with zero attached hydrogens (tertiary/aromatic N) is 3. The molecule has 2 fully saturated rings. The van der Waals surface area contributed by atoms with Crippen LogP contribution in [-0.2, 0) is 19.2 Å². The first-order valence-electron chi connectivity index (χ1n) is 18.2. The second-order valence-electron chi connectivity index (χ2n) is 13.7. The van der Waals surface area contributed by atoms with Gasteiger partial charge in [-0.1, -0.05) is 133 Å². The summed E-state index contributed by atoms with van der Waals surface area (Å²) < 4.78 is 0.398. The fourth-order valence-corrected chi connectivity index (χ4v) is 8.99. The number of thiocarbonyl (C=S) groups is 2. The zero-order valence-corrected chi connectivity index (χ0v) is 35.0. The molecule has 59 heavy (non-hydrogen) atoms. The zero-order valence-electron chi connectivity index (χ0n) is 31.7. The Bertz CT molecular complexity index is 2500. The predicted molar refractivity (Wildman–Crippen MR) is 245 cm³/mol. The molecule has 0 saturated carbocycles. The van der Waals surface area contributed by atoms with Crippen molar-refractivity contribution < 1.29 is 29.4 Å². The molecule has 5 aromatic carbocycles. The highest BCUT2D eigenvalue weighted by atomic mass is 32.2. The summed E-state index contributed by atoms with van der Waals surface area (Å²) in [5.41, 5.74) is 10.8. The van der Waals surface area contributed by atoms with E-state index in [4.69, 9.17) is 24.4 Å². The van der Waals surface area contributed by atoms with E-state index < -0.39 is 36.8 Å². The number of carboxylic acids is 2. The van der Waals surface area contributed by atoms with Gasteiger partial charge in [0.05, 0.1) is 9.81 Å². The number of amides is 2. The number of carbonyl (C=O) groups excluding carboxylic acids is 2. The number of rotatable bonds is 12. The SMILES string of the molecule is Cc1ccc(C(=Cc2ccc(N(c3ccc(C=C4SC(=S)N(CC(=O)O)C4=O)cc3)c3ccc(C=C4SC(=S)N(CC(=O)O)C4=O)cc3)cc2)c2ccccc2)cc1C. The van der Waals surface area contributed by atoms with Gasteiger partial charge in [-0.15, -0.1) is 0 Å². The Kier molecular flexibility index (Phi) is 12.4. The third-order valence-corrected chi connectivity index (χ3v) is 12.4. The minimum atomic E-state index is -1.14. The standard InChI is InChI=1S/C46H35N3O6S4/c1-28-8-15-34(22-29(28)2)38(33-6-4-3-5-7-33)23-30-9-16-35(17-10-30)49(36-18-11-31(12-19-36)24-39-43(54)47(26-41(50)51)45(56)58-39)37-20-13-32(14-21-37)25-40-44(55)48(27-42(52)53)46(57)59-40/h3-25H,26-27H2,1-2H3,(H,50,51)(H,52,53). The lowest BCUT2D eigenvalue weighted by molar-refractivity contribution is -0.140. The first-order chi connectivity index (χ1) is 28.3. The molecule has 0 atom stereocenters. The van der Waals surface area contributed by atoms with Crippen LogP contribution in [0, 0.1) is 13.8 Å². The van der Waals surface area contributed by atoms with Gasteiger partial charge in [-0.2, -0.15) is 0 Å². The van der Waals surface area contributed by atoms with Crippen LogP contribution >= 0.6 is 48.0 Å². The summed E-state index contributed by atoms with van der Waals surface area (Å²) in [6.07, 6.45) is 5.59. The first kappa shape index (κ1) is 41.1. The Balaban J connectivity index is 1.23. The number of hydrogen-bond acceptors (Lipinski definition) is 9. The third kappa shape index (κ3) is 9.45. The fourth-order valence-electron chi connectivity index (χ4n) is 6.48. The normalized spacial score (nSPS) is 15.8. The summed E-state index contributed by atoms with van der Waals surface area (Å²) in [5, 5.41) is 18.4. The van der Waals surface area contributed by atoms with Crippen molar-refractivity contribution in [1.29, 1.82) is 0 Å². The van der Waals surface area contributed by atoms with E-state index in [2.05, 4.69) is 79.4 Å². The van der Waals surface area contributed by atoms with Crippen molar-refractivity contribution in [2.24, 2.45) is 0 Å². The number of benzene rings is 5. The molecule has 2 aliphatic rings. The number of thioether (sulfide) groups is 2. The van der Waals surface area contributed by atoms with Gasteiger partial charge < -0.3 is 15.1 Å². The number of carbonyl (C=O) groups is 4. The first-order valence-corrected chi connectivity index (χ1v) is 20.7. The molecule has 0 radical (unpaired) electrons. The van der Waals surface area contributed by atoms with Gasteiger partial charge >= 0.3 is 11.9 Å². The minimum Gasteiger partial charge on any atom is -0.480 e. The van der Waals surface area contributed by atoms with Crippen LogP contribution in [0.3, 0.4) is 0 Å². The molecular weight excluding hydrogens is 819 g/mol. The highest BCUT2D eigenvalue weighted by Crippen LogP contribution is 2.38. The molecular formula is C46H35N3O6S4. The number of hydrogen-bond donors (Lipinski definition) is 2. The van der Waals surface area contributed by atoms with Gasteiger partial charge in [-0.3, -0.25) is 29.0 Å². The molecule has 2 N–H and O–H groups in total. The molecule has 7 rings (SSSR count). The lowest BCUT2D eigenvalue weighted by Gasteiger charge is -2.26. The van der Waals surface area contributed by atoms with Crippen LogP contribution in [0.1, 0.15) is 38.9 Å². The number of carboxylic acid groups (broad SMARTS) is 2. The second kappa shape index (κ2) is 17.8. The summed E-state index contributed by atoms with van der Waals surface area (Å²) in [6.45, 7) is 3.24. The minimum absolute atomic E-state index is 0.199. The van der Waals surface area contributed by atoms with Gasteiger partial charge in [-0.25, -0.2) is 0 Å². The van der Waals surface area contributed by atoms with Gasteiger partial charge in [0, 0.05) is 17.1 Å². The third-order valence-electron chi connectivity index (χ3n) is 9.60. The van der Waals surface area contributed by atoms with Gasteiger partial charge in [0.15, 0.2) is 0 Å². The fraction of sp³-hybridized carbons (Fsp3) is 0.0870. The predicted octanol–water partition coefficient (Wildman–Crippen LogP) is 9.93. The Morgan fingerprint density at radius 1 is 0.593 bits per heavy atom. The summed E-state index contributed by atoms with van der Waals surface area (Å²) in [6, 6.07) is 40.4. The average molecular weight is 854 g/mol. The van der Waals surface area contributed by atoms with Crippen molar-refractivity contribution in [2.75, 3.05) is 18.0 Å². The van der Waals surface area contributed by atoms with Crippen LogP contribution < -0.4 is 4.90 Å². The molecule has 0 unspecified atom stereocenters. The molecule has 2 heterocycles. The monoisotopic (exact) mass is 853 g/mol. The molecule has 2 amide bonds. The maximum absolute atomic E-state index is 12.9. The van der Waals surface area contributed by atoms with Crippen molar-refractivity contribution in [2.45, 2.75) is 13.8 Å². The Morgan fingerprint density at radius 3 is 1.46 bits per heavy atom. The Morgan fingerprint density at radius 2 is 1.03 bits per heavy atom. The molecule has 0 aromatic heterocycles. The van der Waals surface area contributed by atoms with E-state index in [1.54, 1.807) is 12.2 Å². The highest BCUT2D eigenvalue weighted by molar-refractivity contribution is 8.27. The smallest absolute Gasteiger partial charge is 0.323 e. The van der Waals surface area contributed by atoms with Crippen molar-refractivity contribution in [3.8, 4) is 0 Å². The lowest BCUT2D eigenvalue weighted by atomic mass is 9.93. The summed E-state index contributed by atoms with van der Waals surface area (Å²) in [5.74, 6) is -3.18. The summed E-state index contributed by atoms with van der Waals surface area (Å²) >= 11 is 12.7. The second-order valence-corrected chi connectivity index (χ2v) is 17.0. The van der Waals surface area contributed by atoms with Crippen LogP contribution in [0.25, 0.3) is 23.8 Å². The number of anilines is 3. The van der Waals surface area contributed by atoms with Crippen LogP contribution in [0.2, 0.25) is 0 Å². The Labute approximate surface area is 360 Å². The van der Waals surface area contributed by atoms with E-state index in [1.165, 1.54) is 11.1 Å². The van der Waals surface area contributed by atoms with E-state index in [9.17, 15) is 29.4 Å². The molecule has 5 aromatic rings. The summed E-state index contributed by atoms with van der Waals surface area (Å²) in [4.78, 5) is 53.4. The molecule has 0 bridgehead atoms. The molecule has 0 spiro atoms. The van der Waals surface area contributed by atoms with Gasteiger partial charge in [0.25, 0.3) is 11.8 Å². The number of aliphatic carboxylic acids is 2.